The highest BCUT2D eigenvalue weighted by Crippen LogP contribution is 1.92. The van der Waals surface area contributed by atoms with Gasteiger partial charge in [0.2, 0.25) is 0 Å². The van der Waals surface area contributed by atoms with Crippen molar-refractivity contribution in [3.05, 3.63) is 0 Å². The molecule has 2 radical (unpaired) electrons. The van der Waals surface area contributed by atoms with Crippen molar-refractivity contribution < 1.29 is 14.4 Å². The van der Waals surface area contributed by atoms with Crippen LogP contribution in [0.2, 0.25) is 0 Å². The third-order valence-electron chi connectivity index (χ3n) is 0.760. The van der Waals surface area contributed by atoms with Gasteiger partial charge in [0, 0.05) is 5.90 Å². The molecule has 4 nitrogen and oxygen atoms in total. The first-order valence-electron chi connectivity index (χ1n) is 3.08. The highest BCUT2D eigenvalue weighted by Gasteiger charge is 2.02. The molecular formula is C6H11NO3. The van der Waals surface area contributed by atoms with E-state index in [1.165, 1.54) is 0 Å². The van der Waals surface area contributed by atoms with Crippen molar-refractivity contribution in [2.24, 2.45) is 5.92 Å². The van der Waals surface area contributed by atoms with E-state index in [0.29, 0.717) is 12.5 Å². The minimum atomic E-state index is -0.545. The van der Waals surface area contributed by atoms with Crippen molar-refractivity contribution in [3.8, 4) is 0 Å². The van der Waals surface area contributed by atoms with E-state index in [0.717, 1.165) is 0 Å². The van der Waals surface area contributed by atoms with Gasteiger partial charge < -0.3 is 4.74 Å². The topological polar surface area (TPSA) is 57.8 Å². The van der Waals surface area contributed by atoms with Gasteiger partial charge in [-0.1, -0.05) is 13.8 Å². The van der Waals surface area contributed by atoms with Crippen LogP contribution >= 0.6 is 0 Å². The molecule has 0 saturated carbocycles. The highest BCUT2D eigenvalue weighted by atomic mass is 16.6. The van der Waals surface area contributed by atoms with Gasteiger partial charge in [-0.25, -0.2) is 4.79 Å². The van der Waals surface area contributed by atoms with Gasteiger partial charge in [-0.15, -0.1) is 0 Å². The van der Waals surface area contributed by atoms with Crippen molar-refractivity contribution in [1.29, 1.82) is 0 Å². The number of carbonyl (C=O) groups is 1. The first kappa shape index (κ1) is 9.39. The lowest BCUT2D eigenvalue weighted by Crippen LogP contribution is -2.14. The number of carbonyl (C=O) groups excluding carboxylic acids is 1. The fourth-order valence-corrected chi connectivity index (χ4v) is 0.354. The van der Waals surface area contributed by atoms with Gasteiger partial charge in [-0.2, -0.15) is 0 Å². The number of esters is 1. The maximum atomic E-state index is 10.4. The monoisotopic (exact) mass is 145 g/mol. The summed E-state index contributed by atoms with van der Waals surface area (Å²) in [6, 6.07) is 0. The molecule has 0 spiro atoms. The van der Waals surface area contributed by atoms with E-state index in [-0.39, 0.29) is 0 Å². The maximum Gasteiger partial charge on any atom is 0.334 e. The van der Waals surface area contributed by atoms with E-state index < -0.39 is 12.6 Å². The standard InChI is InChI=1S/C6H11NO3/c1-5(2)3-9-6(8)4-10-7/h5H,3-4H2,1-2H3. The fraction of sp³-hybridized carbons (Fsp3) is 0.833. The molecule has 0 atom stereocenters. The van der Waals surface area contributed by atoms with Crippen LogP contribution in [0, 0.1) is 5.92 Å². The summed E-state index contributed by atoms with van der Waals surface area (Å²) in [5, 5.41) is 0. The fourth-order valence-electron chi connectivity index (χ4n) is 0.354. The summed E-state index contributed by atoms with van der Waals surface area (Å²) in [6.45, 7) is 3.81. The summed E-state index contributed by atoms with van der Waals surface area (Å²) in [6.07, 6.45) is 0. The predicted molar refractivity (Wildman–Crippen MR) is 33.9 cm³/mol. The van der Waals surface area contributed by atoms with Crippen LogP contribution < -0.4 is 5.90 Å². The van der Waals surface area contributed by atoms with Gasteiger partial charge in [0.25, 0.3) is 0 Å². The second kappa shape index (κ2) is 5.20. The Labute approximate surface area is 60.2 Å². The zero-order valence-corrected chi connectivity index (χ0v) is 6.16. The summed E-state index contributed by atoms with van der Waals surface area (Å²) >= 11 is 0. The van der Waals surface area contributed by atoms with Crippen LogP contribution in [0.25, 0.3) is 0 Å². The Hall–Kier alpha value is -0.610. The minimum absolute atomic E-state index is 0.308. The molecule has 0 unspecified atom stereocenters. The Bertz CT molecular complexity index is 103. The lowest BCUT2D eigenvalue weighted by molar-refractivity contribution is -0.150. The number of hydrogen-bond donors (Lipinski definition) is 0. The summed E-state index contributed by atoms with van der Waals surface area (Å²) in [7, 11) is 0. The van der Waals surface area contributed by atoms with Crippen LogP contribution in [0.15, 0.2) is 0 Å². The van der Waals surface area contributed by atoms with Crippen molar-refractivity contribution in [2.75, 3.05) is 13.2 Å². The predicted octanol–water partition coefficient (Wildman–Crippen LogP) is 0.186. The second-order valence-electron chi connectivity index (χ2n) is 2.35. The summed E-state index contributed by atoms with van der Waals surface area (Å²) in [5.41, 5.74) is 0. The molecule has 0 saturated heterocycles. The average molecular weight is 145 g/mol. The molecule has 0 fully saturated rings. The number of rotatable bonds is 4. The molecule has 0 aromatic rings. The van der Waals surface area contributed by atoms with Crippen molar-refractivity contribution in [2.45, 2.75) is 13.8 Å². The zero-order valence-electron chi connectivity index (χ0n) is 6.16. The van der Waals surface area contributed by atoms with Crippen molar-refractivity contribution in [3.63, 3.8) is 0 Å². The number of nitrogens with zero attached hydrogens (tertiary/aromatic N) is 1. The van der Waals surface area contributed by atoms with Gasteiger partial charge in [0.15, 0.2) is 6.61 Å². The SMILES string of the molecule is CC(C)COC(=O)CO[N]. The molecule has 0 rings (SSSR count). The molecule has 0 N–H and O–H groups in total. The van der Waals surface area contributed by atoms with E-state index in [1.54, 1.807) is 0 Å². The van der Waals surface area contributed by atoms with Gasteiger partial charge >= 0.3 is 5.97 Å². The van der Waals surface area contributed by atoms with Crippen LogP contribution in [-0.4, -0.2) is 19.2 Å². The molecule has 0 aliphatic carbocycles. The third kappa shape index (κ3) is 5.53. The summed E-state index contributed by atoms with van der Waals surface area (Å²) in [5.74, 6) is 7.56. The second-order valence-corrected chi connectivity index (χ2v) is 2.35. The Morgan fingerprint density at radius 1 is 1.60 bits per heavy atom. The molecular weight excluding hydrogens is 134 g/mol. The molecule has 0 amide bonds. The molecule has 10 heavy (non-hydrogen) atoms. The summed E-state index contributed by atoms with van der Waals surface area (Å²) in [4.78, 5) is 14.0. The van der Waals surface area contributed by atoms with Gasteiger partial charge in [0.1, 0.15) is 0 Å². The van der Waals surface area contributed by atoms with E-state index in [1.807, 2.05) is 13.8 Å². The third-order valence-corrected chi connectivity index (χ3v) is 0.760. The van der Waals surface area contributed by atoms with E-state index >= 15 is 0 Å². The molecule has 0 aromatic heterocycles. The molecule has 0 heterocycles. The molecule has 0 bridgehead atoms. The lowest BCUT2D eigenvalue weighted by atomic mass is 10.2. The number of ether oxygens (including phenoxy) is 1. The van der Waals surface area contributed by atoms with Crippen LogP contribution in [0.1, 0.15) is 13.8 Å². The quantitative estimate of drug-likeness (QED) is 0.419. The molecule has 0 aromatic carbocycles. The van der Waals surface area contributed by atoms with Gasteiger partial charge in [-0.05, 0) is 5.92 Å². The summed E-state index contributed by atoms with van der Waals surface area (Å²) < 4.78 is 4.62. The van der Waals surface area contributed by atoms with E-state index in [2.05, 4.69) is 9.57 Å². The molecule has 58 valence electrons. The van der Waals surface area contributed by atoms with Crippen LogP contribution in [0.4, 0.5) is 0 Å². The molecule has 0 aliphatic heterocycles. The van der Waals surface area contributed by atoms with Gasteiger partial charge in [0.05, 0.1) is 6.61 Å². The lowest BCUT2D eigenvalue weighted by Gasteiger charge is -2.04. The van der Waals surface area contributed by atoms with Crippen LogP contribution in [-0.2, 0) is 14.4 Å². The molecule has 0 aliphatic rings. The minimum Gasteiger partial charge on any atom is -0.464 e. The largest absolute Gasteiger partial charge is 0.464 e. The Kier molecular flexibility index (Phi) is 4.88. The van der Waals surface area contributed by atoms with E-state index in [4.69, 9.17) is 5.90 Å². The average Bonchev–Trinajstić information content (AvgIpc) is 1.85. The van der Waals surface area contributed by atoms with E-state index in [9.17, 15) is 4.79 Å². The normalized spacial score (nSPS) is 10.0. The van der Waals surface area contributed by atoms with Crippen LogP contribution in [0.5, 0.6) is 0 Å². The molecule has 4 heteroatoms. The van der Waals surface area contributed by atoms with Crippen molar-refractivity contribution in [1.82, 2.24) is 5.90 Å². The smallest absolute Gasteiger partial charge is 0.334 e. The Balaban J connectivity index is 3.22. The first-order chi connectivity index (χ1) is 4.66. The zero-order chi connectivity index (χ0) is 7.98. The first-order valence-corrected chi connectivity index (χ1v) is 3.08. The van der Waals surface area contributed by atoms with Crippen LogP contribution in [0.3, 0.4) is 0 Å². The maximum absolute atomic E-state index is 10.4. The van der Waals surface area contributed by atoms with Gasteiger partial charge in [-0.3, -0.25) is 4.84 Å². The van der Waals surface area contributed by atoms with Crippen molar-refractivity contribution >= 4 is 5.97 Å². The Morgan fingerprint density at radius 3 is 2.60 bits per heavy atom. The highest BCUT2D eigenvalue weighted by molar-refractivity contribution is 5.70. The number of hydrogen-bond acceptors (Lipinski definition) is 3. The Morgan fingerprint density at radius 2 is 2.20 bits per heavy atom.